The molecule has 1 aliphatic heterocycles. The van der Waals surface area contributed by atoms with Crippen LogP contribution in [0.3, 0.4) is 0 Å². The van der Waals surface area contributed by atoms with Crippen LogP contribution in [0, 0.1) is 11.6 Å². The number of carbonyl (C=O) groups is 1. The normalized spacial score (nSPS) is 13.8. The zero-order chi connectivity index (χ0) is 19.1. The summed E-state index contributed by atoms with van der Waals surface area (Å²) in [5.41, 5.74) is 0.905. The van der Waals surface area contributed by atoms with Crippen molar-refractivity contribution >= 4 is 34.8 Å². The lowest BCUT2D eigenvalue weighted by Gasteiger charge is -2.26. The maximum Gasteiger partial charge on any atom is 0.279 e. The second-order valence-corrected chi connectivity index (χ2v) is 6.75. The lowest BCUT2D eigenvalue weighted by molar-refractivity contribution is 0.0974. The van der Waals surface area contributed by atoms with E-state index in [-0.39, 0.29) is 40.3 Å². The summed E-state index contributed by atoms with van der Waals surface area (Å²) in [5.74, 6) is -1.65. The van der Waals surface area contributed by atoms with Gasteiger partial charge in [0.05, 0.1) is 22.9 Å². The van der Waals surface area contributed by atoms with Crippen LogP contribution in [0.4, 0.5) is 14.5 Å². The lowest BCUT2D eigenvalue weighted by Crippen LogP contribution is -2.38. The highest BCUT2D eigenvalue weighted by Gasteiger charge is 2.33. The van der Waals surface area contributed by atoms with E-state index >= 15 is 0 Å². The summed E-state index contributed by atoms with van der Waals surface area (Å²) < 4.78 is 29.5. The standard InChI is InChI=1S/C18H12Cl2F2N4O/c19-11-3-1-5-14(15(11)22)25-8-6-10-16(18(25)27)24-26(17(10)20)9-13-12(21)4-2-7-23-13/h1-5,7H,6,8-9H2. The monoisotopic (exact) mass is 408 g/mol. The molecule has 0 saturated carbocycles. The van der Waals surface area contributed by atoms with Crippen LogP contribution < -0.4 is 4.90 Å². The molecule has 2 aromatic heterocycles. The van der Waals surface area contributed by atoms with E-state index in [0.29, 0.717) is 12.0 Å². The Hall–Kier alpha value is -2.51. The number of hydrogen-bond donors (Lipinski definition) is 0. The van der Waals surface area contributed by atoms with Crippen molar-refractivity contribution in [2.24, 2.45) is 0 Å². The van der Waals surface area contributed by atoms with Crippen molar-refractivity contribution < 1.29 is 13.6 Å². The van der Waals surface area contributed by atoms with Crippen LogP contribution >= 0.6 is 23.2 Å². The predicted octanol–water partition coefficient (Wildman–Crippen LogP) is 4.11. The van der Waals surface area contributed by atoms with Gasteiger partial charge in [0.2, 0.25) is 0 Å². The van der Waals surface area contributed by atoms with E-state index < -0.39 is 17.5 Å². The fourth-order valence-corrected chi connectivity index (χ4v) is 3.49. The third-order valence-corrected chi connectivity index (χ3v) is 5.09. The highest BCUT2D eigenvalue weighted by atomic mass is 35.5. The van der Waals surface area contributed by atoms with Gasteiger partial charge < -0.3 is 4.90 Å². The number of aromatic nitrogens is 3. The Bertz CT molecular complexity index is 1050. The summed E-state index contributed by atoms with van der Waals surface area (Å²) in [6.45, 7) is 0.212. The molecular formula is C18H12Cl2F2N4O. The topological polar surface area (TPSA) is 51.0 Å². The van der Waals surface area contributed by atoms with Crippen LogP contribution in [0.5, 0.6) is 0 Å². The number of amides is 1. The summed E-state index contributed by atoms with van der Waals surface area (Å²) in [7, 11) is 0. The van der Waals surface area contributed by atoms with Gasteiger partial charge in [-0.2, -0.15) is 5.10 Å². The Morgan fingerprint density at radius 1 is 1.15 bits per heavy atom. The number of fused-ring (bicyclic) bond motifs is 1. The molecule has 5 nitrogen and oxygen atoms in total. The molecule has 1 aliphatic rings. The Balaban J connectivity index is 1.69. The highest BCUT2D eigenvalue weighted by Crippen LogP contribution is 2.32. The number of carbonyl (C=O) groups excluding carboxylic acids is 1. The van der Waals surface area contributed by atoms with Crippen LogP contribution in [0.25, 0.3) is 0 Å². The Labute approximate surface area is 163 Å². The summed E-state index contributed by atoms with van der Waals surface area (Å²) in [6.07, 6.45) is 1.85. The summed E-state index contributed by atoms with van der Waals surface area (Å²) in [5, 5.41) is 4.40. The van der Waals surface area contributed by atoms with Crippen molar-refractivity contribution in [3.8, 4) is 0 Å². The molecule has 3 aromatic rings. The number of halogens is 4. The van der Waals surface area contributed by atoms with E-state index in [1.165, 1.54) is 40.0 Å². The number of pyridine rings is 1. The average molecular weight is 409 g/mol. The molecule has 1 aromatic carbocycles. The molecule has 0 spiro atoms. The zero-order valence-corrected chi connectivity index (χ0v) is 15.3. The molecule has 0 aliphatic carbocycles. The second kappa shape index (κ2) is 6.90. The fraction of sp³-hybridized carbons (Fsp3) is 0.167. The average Bonchev–Trinajstić information content (AvgIpc) is 2.97. The Morgan fingerprint density at radius 3 is 2.74 bits per heavy atom. The van der Waals surface area contributed by atoms with E-state index in [4.69, 9.17) is 23.2 Å². The first-order valence-electron chi connectivity index (χ1n) is 8.08. The first-order valence-corrected chi connectivity index (χ1v) is 8.83. The van der Waals surface area contributed by atoms with Gasteiger partial charge in [0, 0.05) is 18.3 Å². The molecule has 3 heterocycles. The van der Waals surface area contributed by atoms with Crippen LogP contribution in [-0.2, 0) is 13.0 Å². The SMILES string of the molecule is O=C1c2nn(Cc3ncccc3F)c(Cl)c2CCN1c1cccc(Cl)c1F. The molecular weight excluding hydrogens is 397 g/mol. The minimum Gasteiger partial charge on any atom is -0.304 e. The molecule has 0 N–H and O–H groups in total. The van der Waals surface area contributed by atoms with Crippen molar-refractivity contribution in [2.45, 2.75) is 13.0 Å². The molecule has 27 heavy (non-hydrogen) atoms. The zero-order valence-electron chi connectivity index (χ0n) is 13.8. The minimum absolute atomic E-state index is 0.0166. The van der Waals surface area contributed by atoms with Gasteiger partial charge in [-0.1, -0.05) is 29.3 Å². The first-order chi connectivity index (χ1) is 13.0. The Morgan fingerprint density at radius 2 is 1.96 bits per heavy atom. The van der Waals surface area contributed by atoms with Crippen LogP contribution in [0.1, 0.15) is 21.7 Å². The van der Waals surface area contributed by atoms with Gasteiger partial charge in [0.1, 0.15) is 11.0 Å². The summed E-state index contributed by atoms with van der Waals surface area (Å²) in [4.78, 5) is 18.1. The quantitative estimate of drug-likeness (QED) is 0.654. The molecule has 0 fully saturated rings. The predicted molar refractivity (Wildman–Crippen MR) is 97.3 cm³/mol. The molecule has 0 radical (unpaired) electrons. The number of anilines is 1. The van der Waals surface area contributed by atoms with Crippen molar-refractivity contribution in [1.82, 2.24) is 14.8 Å². The van der Waals surface area contributed by atoms with E-state index in [1.807, 2.05) is 0 Å². The molecule has 0 atom stereocenters. The second-order valence-electron chi connectivity index (χ2n) is 5.99. The lowest BCUT2D eigenvalue weighted by atomic mass is 10.1. The summed E-state index contributed by atoms with van der Waals surface area (Å²) in [6, 6.07) is 7.22. The maximum atomic E-state index is 14.3. The van der Waals surface area contributed by atoms with Crippen molar-refractivity contribution in [3.05, 3.63) is 75.3 Å². The van der Waals surface area contributed by atoms with Gasteiger partial charge in [0.15, 0.2) is 11.5 Å². The van der Waals surface area contributed by atoms with E-state index in [2.05, 4.69) is 10.1 Å². The highest BCUT2D eigenvalue weighted by molar-refractivity contribution is 6.31. The molecule has 138 valence electrons. The van der Waals surface area contributed by atoms with Crippen molar-refractivity contribution in [2.75, 3.05) is 11.4 Å². The third kappa shape index (κ3) is 3.07. The molecule has 9 heteroatoms. The van der Waals surface area contributed by atoms with Crippen LogP contribution in [0.2, 0.25) is 10.2 Å². The van der Waals surface area contributed by atoms with E-state index in [9.17, 15) is 13.6 Å². The van der Waals surface area contributed by atoms with Crippen LogP contribution in [0.15, 0.2) is 36.5 Å². The van der Waals surface area contributed by atoms with E-state index in [1.54, 1.807) is 6.07 Å². The van der Waals surface area contributed by atoms with E-state index in [0.717, 1.165) is 0 Å². The van der Waals surface area contributed by atoms with Gasteiger partial charge in [-0.25, -0.2) is 13.5 Å². The van der Waals surface area contributed by atoms with Gasteiger partial charge in [0.25, 0.3) is 5.91 Å². The molecule has 4 rings (SSSR count). The third-order valence-electron chi connectivity index (χ3n) is 4.37. The largest absolute Gasteiger partial charge is 0.304 e. The molecule has 0 bridgehead atoms. The number of rotatable bonds is 3. The number of nitrogens with zero attached hydrogens (tertiary/aromatic N) is 4. The summed E-state index contributed by atoms with van der Waals surface area (Å²) >= 11 is 12.2. The minimum atomic E-state index is -0.669. The number of benzene rings is 1. The Kier molecular flexibility index (Phi) is 4.57. The molecule has 1 amide bonds. The van der Waals surface area contributed by atoms with Crippen molar-refractivity contribution in [1.29, 1.82) is 0 Å². The molecule has 0 unspecified atom stereocenters. The molecule has 0 saturated heterocycles. The van der Waals surface area contributed by atoms with Gasteiger partial charge >= 0.3 is 0 Å². The van der Waals surface area contributed by atoms with Crippen molar-refractivity contribution in [3.63, 3.8) is 0 Å². The number of hydrogen-bond acceptors (Lipinski definition) is 3. The fourth-order valence-electron chi connectivity index (χ4n) is 3.04. The smallest absolute Gasteiger partial charge is 0.279 e. The first kappa shape index (κ1) is 17.9. The van der Waals surface area contributed by atoms with Gasteiger partial charge in [-0.3, -0.25) is 9.78 Å². The van der Waals surface area contributed by atoms with Crippen LogP contribution in [-0.4, -0.2) is 27.2 Å². The van der Waals surface area contributed by atoms with Gasteiger partial charge in [-0.15, -0.1) is 0 Å². The van der Waals surface area contributed by atoms with Gasteiger partial charge in [-0.05, 0) is 30.7 Å². The maximum absolute atomic E-state index is 14.3.